The van der Waals surface area contributed by atoms with Gasteiger partial charge in [-0.15, -0.1) is 0 Å². The summed E-state index contributed by atoms with van der Waals surface area (Å²) in [5.74, 6) is 0. The van der Waals surface area contributed by atoms with Crippen LogP contribution in [0.15, 0.2) is 206 Å². The number of fused-ring (bicyclic) bond motifs is 4. The standard InChI is InChI=1S/C56H40N2/c1-3-11-43-31-45(27-19-37(43)9-1)39-17-25-42(26-18-39)55-33-48(46-28-20-38-10-2-4-12-44(38)32-46)34-56(58-55)53-30-29-50(51-15-7-8-16-52(51)53)40-21-23-41(24-22-40)54-36-57-35-47-13-5-6-14-49(47)54/h1-35,55,57-58H,36H2. The quantitative estimate of drug-likeness (QED) is 0.177. The van der Waals surface area contributed by atoms with Gasteiger partial charge >= 0.3 is 0 Å². The van der Waals surface area contributed by atoms with E-state index >= 15 is 0 Å². The SMILES string of the molecule is C1=C(c2ccc3ccccc3c2)C=C(c2ccc(-c3ccc(C4=c5ccccc5=CNC4)cc3)c3ccccc23)NC1c1ccc(-c2ccc3ccccc3c2)cc1. The number of nitrogens with one attached hydrogen (secondary N) is 2. The van der Waals surface area contributed by atoms with Gasteiger partial charge in [-0.2, -0.15) is 0 Å². The van der Waals surface area contributed by atoms with E-state index in [0.29, 0.717) is 0 Å². The minimum absolute atomic E-state index is 0.0207. The van der Waals surface area contributed by atoms with Gasteiger partial charge in [0.1, 0.15) is 0 Å². The lowest BCUT2D eigenvalue weighted by molar-refractivity contribution is 0.767. The lowest BCUT2D eigenvalue weighted by Crippen LogP contribution is -2.36. The van der Waals surface area contributed by atoms with Gasteiger partial charge < -0.3 is 10.6 Å². The Labute approximate surface area is 338 Å². The monoisotopic (exact) mass is 740 g/mol. The highest BCUT2D eigenvalue weighted by Crippen LogP contribution is 2.39. The number of allylic oxidation sites excluding steroid dienone is 2. The second-order valence-electron chi connectivity index (χ2n) is 15.4. The topological polar surface area (TPSA) is 24.1 Å². The van der Waals surface area contributed by atoms with E-state index in [9.17, 15) is 0 Å². The van der Waals surface area contributed by atoms with Crippen molar-refractivity contribution in [1.29, 1.82) is 0 Å². The van der Waals surface area contributed by atoms with Crippen LogP contribution in [0.25, 0.3) is 77.6 Å². The highest BCUT2D eigenvalue weighted by atomic mass is 14.9. The van der Waals surface area contributed by atoms with Gasteiger partial charge in [0.15, 0.2) is 0 Å². The maximum Gasteiger partial charge on any atom is 0.0707 e. The average Bonchev–Trinajstić information content (AvgIpc) is 3.30. The van der Waals surface area contributed by atoms with Crippen molar-refractivity contribution in [3.8, 4) is 22.3 Å². The van der Waals surface area contributed by atoms with E-state index in [0.717, 1.165) is 12.2 Å². The lowest BCUT2D eigenvalue weighted by atomic mass is 9.89. The van der Waals surface area contributed by atoms with Gasteiger partial charge in [-0.05, 0) is 117 Å². The zero-order chi connectivity index (χ0) is 38.4. The van der Waals surface area contributed by atoms with Crippen LogP contribution in [0.2, 0.25) is 0 Å². The Morgan fingerprint density at radius 1 is 0.431 bits per heavy atom. The van der Waals surface area contributed by atoms with Crippen molar-refractivity contribution in [1.82, 2.24) is 10.6 Å². The maximum absolute atomic E-state index is 3.98. The van der Waals surface area contributed by atoms with Crippen LogP contribution >= 0.6 is 0 Å². The van der Waals surface area contributed by atoms with Gasteiger partial charge in [0.25, 0.3) is 0 Å². The first-order valence-electron chi connectivity index (χ1n) is 20.2. The summed E-state index contributed by atoms with van der Waals surface area (Å²) < 4.78 is 0. The molecule has 2 aliphatic rings. The average molecular weight is 741 g/mol. The summed E-state index contributed by atoms with van der Waals surface area (Å²) in [6.07, 6.45) is 6.83. The van der Waals surface area contributed by atoms with Gasteiger partial charge in [0, 0.05) is 24.0 Å². The lowest BCUT2D eigenvalue weighted by Gasteiger charge is -2.27. The Hall–Kier alpha value is -7.42. The van der Waals surface area contributed by atoms with Crippen LogP contribution in [0.4, 0.5) is 0 Å². The summed E-state index contributed by atoms with van der Waals surface area (Å²) in [6, 6.07) is 71.0. The van der Waals surface area contributed by atoms with Crippen LogP contribution in [0.3, 0.4) is 0 Å². The van der Waals surface area contributed by atoms with Crippen molar-refractivity contribution >= 4 is 55.4 Å². The predicted molar refractivity (Wildman–Crippen MR) is 245 cm³/mol. The van der Waals surface area contributed by atoms with Gasteiger partial charge in [-0.3, -0.25) is 0 Å². The molecule has 0 bridgehead atoms. The Balaban J connectivity index is 0.978. The zero-order valence-corrected chi connectivity index (χ0v) is 32.0. The van der Waals surface area contributed by atoms with Gasteiger partial charge in [0.2, 0.25) is 0 Å². The number of benzene rings is 9. The number of hydrogen-bond donors (Lipinski definition) is 2. The minimum atomic E-state index is -0.0207. The largest absolute Gasteiger partial charge is 0.386 e. The highest BCUT2D eigenvalue weighted by Gasteiger charge is 2.21. The summed E-state index contributed by atoms with van der Waals surface area (Å²) in [5, 5.41) is 17.5. The smallest absolute Gasteiger partial charge is 0.0707 e. The number of hydrogen-bond acceptors (Lipinski definition) is 2. The molecule has 9 aromatic rings. The second-order valence-corrected chi connectivity index (χ2v) is 15.4. The molecule has 0 amide bonds. The molecule has 1 atom stereocenters. The van der Waals surface area contributed by atoms with Crippen molar-refractivity contribution < 1.29 is 0 Å². The van der Waals surface area contributed by atoms with Crippen LogP contribution in [0.5, 0.6) is 0 Å². The molecule has 0 saturated heterocycles. The third kappa shape index (κ3) is 6.16. The van der Waals surface area contributed by atoms with Gasteiger partial charge in [0.05, 0.1) is 6.04 Å². The third-order valence-corrected chi connectivity index (χ3v) is 12.0. The molecule has 274 valence electrons. The molecule has 2 nitrogen and oxygen atoms in total. The molecule has 11 rings (SSSR count). The molecule has 58 heavy (non-hydrogen) atoms. The minimum Gasteiger partial charge on any atom is -0.386 e. The first-order chi connectivity index (χ1) is 28.7. The van der Waals surface area contributed by atoms with E-state index in [1.807, 2.05) is 0 Å². The van der Waals surface area contributed by atoms with E-state index in [4.69, 9.17) is 0 Å². The fourth-order valence-electron chi connectivity index (χ4n) is 8.92. The highest BCUT2D eigenvalue weighted by molar-refractivity contribution is 6.04. The van der Waals surface area contributed by atoms with Crippen LogP contribution in [-0.2, 0) is 0 Å². The summed E-state index contributed by atoms with van der Waals surface area (Å²) in [7, 11) is 0. The summed E-state index contributed by atoms with van der Waals surface area (Å²) in [4.78, 5) is 0. The van der Waals surface area contributed by atoms with E-state index < -0.39 is 0 Å². The van der Waals surface area contributed by atoms with E-state index in [1.54, 1.807) is 0 Å². The summed E-state index contributed by atoms with van der Waals surface area (Å²) >= 11 is 0. The molecule has 0 saturated carbocycles. The van der Waals surface area contributed by atoms with Crippen molar-refractivity contribution in [3.05, 3.63) is 239 Å². The molecule has 0 radical (unpaired) electrons. The summed E-state index contributed by atoms with van der Waals surface area (Å²) in [6.45, 7) is 0.821. The fraction of sp³-hybridized carbons (Fsp3) is 0.0357. The van der Waals surface area contributed by atoms with Crippen molar-refractivity contribution in [3.63, 3.8) is 0 Å². The van der Waals surface area contributed by atoms with Crippen LogP contribution in [0, 0.1) is 0 Å². The molecule has 2 heterocycles. The molecule has 0 aromatic heterocycles. The molecule has 0 fully saturated rings. The molecule has 9 aromatic carbocycles. The molecule has 0 spiro atoms. The van der Waals surface area contributed by atoms with Crippen LogP contribution in [-0.4, -0.2) is 6.54 Å². The molecule has 2 N–H and O–H groups in total. The number of dihydropyridines is 1. The third-order valence-electron chi connectivity index (χ3n) is 12.0. The normalized spacial score (nSPS) is 14.9. The Morgan fingerprint density at radius 2 is 1.00 bits per heavy atom. The summed E-state index contributed by atoms with van der Waals surface area (Å²) in [5.41, 5.74) is 13.4. The molecular weight excluding hydrogens is 701 g/mol. The number of rotatable bonds is 6. The van der Waals surface area contributed by atoms with Crippen molar-refractivity contribution in [2.45, 2.75) is 6.04 Å². The maximum atomic E-state index is 3.98. The van der Waals surface area contributed by atoms with E-state index in [1.165, 1.54) is 98.4 Å². The Bertz CT molecular complexity index is 3240. The van der Waals surface area contributed by atoms with E-state index in [2.05, 4.69) is 223 Å². The van der Waals surface area contributed by atoms with Crippen molar-refractivity contribution in [2.24, 2.45) is 0 Å². The molecule has 1 unspecified atom stereocenters. The van der Waals surface area contributed by atoms with Crippen LogP contribution < -0.4 is 21.1 Å². The first-order valence-corrected chi connectivity index (χ1v) is 20.2. The fourth-order valence-corrected chi connectivity index (χ4v) is 8.92. The molecular formula is C56H40N2. The van der Waals surface area contributed by atoms with Crippen LogP contribution in [0.1, 0.15) is 28.3 Å². The predicted octanol–water partition coefficient (Wildman–Crippen LogP) is 11.8. The first kappa shape index (κ1) is 33.9. The molecule has 2 heteroatoms. The Kier molecular flexibility index (Phi) is 8.33. The zero-order valence-electron chi connectivity index (χ0n) is 32.0. The molecule has 2 aliphatic heterocycles. The van der Waals surface area contributed by atoms with Gasteiger partial charge in [-0.25, -0.2) is 0 Å². The van der Waals surface area contributed by atoms with Crippen molar-refractivity contribution in [2.75, 3.05) is 6.54 Å². The molecule has 0 aliphatic carbocycles. The Morgan fingerprint density at radius 3 is 1.76 bits per heavy atom. The van der Waals surface area contributed by atoms with Gasteiger partial charge in [-0.1, -0.05) is 182 Å². The second kappa shape index (κ2) is 14.3. The van der Waals surface area contributed by atoms with E-state index in [-0.39, 0.29) is 6.04 Å².